The summed E-state index contributed by atoms with van der Waals surface area (Å²) in [4.78, 5) is 0. The van der Waals surface area contributed by atoms with Crippen LogP contribution in [0.2, 0.25) is 69.1 Å². The molecule has 0 aliphatic heterocycles. The molecule has 8 aromatic rings. The molecule has 0 spiro atoms. The van der Waals surface area contributed by atoms with Crippen LogP contribution in [0.1, 0.15) is 256 Å². The van der Waals surface area contributed by atoms with E-state index in [0.29, 0.717) is 17.8 Å². The van der Waals surface area contributed by atoms with Crippen LogP contribution in [0.25, 0.3) is 45.0 Å². The second kappa shape index (κ2) is 39.5. The third-order valence-corrected chi connectivity index (χ3v) is 43.7. The average molecular weight is 1760 g/mol. The third kappa shape index (κ3) is 24.4. The van der Waals surface area contributed by atoms with Crippen molar-refractivity contribution >= 4 is 70.6 Å². The van der Waals surface area contributed by atoms with Crippen molar-refractivity contribution in [3.8, 4) is 45.0 Å². The summed E-state index contributed by atoms with van der Waals surface area (Å²) in [6.07, 6.45) is 41.5. The molecule has 0 bridgehead atoms. The van der Waals surface area contributed by atoms with Gasteiger partial charge in [0, 0.05) is 0 Å². The van der Waals surface area contributed by atoms with Gasteiger partial charge >= 0.3 is 704 Å². The van der Waals surface area contributed by atoms with Gasteiger partial charge in [-0.05, 0) is 0 Å². The molecule has 4 saturated carbocycles. The molecule has 4 heterocycles. The van der Waals surface area contributed by atoms with E-state index in [1.807, 2.05) is 0 Å². The number of aromatic nitrogens is 4. The predicted molar refractivity (Wildman–Crippen MR) is 500 cm³/mol. The Bertz CT molecular complexity index is 4450. The number of hydrogen-bond acceptors (Lipinski definition) is 0. The molecule has 4 aromatic heterocycles. The molecule has 608 valence electrons. The van der Waals surface area contributed by atoms with Crippen LogP contribution >= 0.6 is 0 Å². The molecule has 4 aliphatic carbocycles. The van der Waals surface area contributed by atoms with E-state index in [1.54, 1.807) is 39.8 Å². The van der Waals surface area contributed by atoms with Gasteiger partial charge in [-0.15, -0.1) is 0 Å². The molecule has 0 saturated heterocycles. The van der Waals surface area contributed by atoms with Gasteiger partial charge in [0.25, 0.3) is 0 Å². The maximum absolute atomic E-state index is 2.57. The van der Waals surface area contributed by atoms with Gasteiger partial charge < -0.3 is 0 Å². The minimum absolute atomic E-state index is 0.175. The first-order valence-electron chi connectivity index (χ1n) is 45.1. The number of nitrogens with zero attached hydrogens (tertiary/aromatic N) is 4. The van der Waals surface area contributed by atoms with Crippen LogP contribution < -0.4 is 35.9 Å². The topological polar surface area (TPSA) is 15.5 Å². The van der Waals surface area contributed by atoms with Crippen molar-refractivity contribution in [2.45, 2.75) is 324 Å². The van der Waals surface area contributed by atoms with E-state index >= 15 is 0 Å². The first kappa shape index (κ1) is 91.5. The van der Waals surface area contributed by atoms with Gasteiger partial charge in [0.15, 0.2) is 0 Å². The van der Waals surface area contributed by atoms with Crippen molar-refractivity contribution in [3.63, 3.8) is 0 Å². The normalized spacial score (nSPS) is 15.7. The Kier molecular flexibility index (Phi) is 32.3. The Morgan fingerprint density at radius 3 is 0.893 bits per heavy atom. The van der Waals surface area contributed by atoms with E-state index in [4.69, 9.17) is 0 Å². The molecular formula is C104H160Ge4N4+4. The van der Waals surface area contributed by atoms with E-state index < -0.39 is 53.1 Å². The maximum atomic E-state index is 2.57. The molecule has 4 aromatic carbocycles. The summed E-state index contributed by atoms with van der Waals surface area (Å²) in [7, 11) is 9.00. The minimum atomic E-state index is -1.92. The van der Waals surface area contributed by atoms with E-state index in [-0.39, 0.29) is 5.41 Å². The second-order valence-electron chi connectivity index (χ2n) is 42.1. The fourth-order valence-corrected chi connectivity index (χ4v) is 33.8. The van der Waals surface area contributed by atoms with Gasteiger partial charge in [-0.25, -0.2) is 0 Å². The fourth-order valence-electron chi connectivity index (χ4n) is 19.4. The number of benzene rings is 4. The number of pyridine rings is 4. The van der Waals surface area contributed by atoms with Gasteiger partial charge in [0.05, 0.1) is 0 Å². The Balaban J connectivity index is 0.000000171. The summed E-state index contributed by atoms with van der Waals surface area (Å²) < 4.78 is 16.4. The fraction of sp³-hybridized carbons (Fsp3) is 0.577. The van der Waals surface area contributed by atoms with Gasteiger partial charge in [-0.2, -0.15) is 0 Å². The van der Waals surface area contributed by atoms with Gasteiger partial charge in [0.1, 0.15) is 0 Å². The molecule has 12 rings (SSSR count). The van der Waals surface area contributed by atoms with Crippen molar-refractivity contribution in [2.75, 3.05) is 0 Å². The Labute approximate surface area is 698 Å². The zero-order valence-corrected chi connectivity index (χ0v) is 85.5. The summed E-state index contributed by atoms with van der Waals surface area (Å²) in [5.41, 5.74) is 29.4. The van der Waals surface area contributed by atoms with Crippen LogP contribution in [0.5, 0.6) is 0 Å². The zero-order valence-electron chi connectivity index (χ0n) is 77.1. The molecule has 4 fully saturated rings. The van der Waals surface area contributed by atoms with Crippen molar-refractivity contribution < 1.29 is 18.3 Å². The zero-order chi connectivity index (χ0) is 82.1. The van der Waals surface area contributed by atoms with Crippen molar-refractivity contribution in [1.29, 1.82) is 0 Å². The van der Waals surface area contributed by atoms with Crippen LogP contribution in [-0.2, 0) is 65.7 Å². The number of rotatable bonds is 22. The van der Waals surface area contributed by atoms with Crippen molar-refractivity contribution in [3.05, 3.63) is 189 Å². The summed E-state index contributed by atoms with van der Waals surface area (Å²) in [6.45, 7) is 29.8. The van der Waals surface area contributed by atoms with Crippen LogP contribution in [-0.4, -0.2) is 53.1 Å². The summed E-state index contributed by atoms with van der Waals surface area (Å²) in [6, 6.07) is 38.6. The Hall–Kier alpha value is -4.35. The Morgan fingerprint density at radius 1 is 0.348 bits per heavy atom. The quantitative estimate of drug-likeness (QED) is 0.0475. The van der Waals surface area contributed by atoms with Crippen molar-refractivity contribution in [2.24, 2.45) is 57.8 Å². The first-order valence-corrected chi connectivity index (χ1v) is 74.4. The molecule has 112 heavy (non-hydrogen) atoms. The predicted octanol–water partition coefficient (Wildman–Crippen LogP) is 24.6. The van der Waals surface area contributed by atoms with E-state index in [0.717, 1.165) is 30.1 Å². The molecule has 8 heteroatoms. The molecule has 0 N–H and O–H groups in total. The van der Waals surface area contributed by atoms with E-state index in [9.17, 15) is 0 Å². The summed E-state index contributed by atoms with van der Waals surface area (Å²) >= 11 is -7.67. The van der Waals surface area contributed by atoms with Crippen molar-refractivity contribution in [1.82, 2.24) is 0 Å². The molecular weight excluding hydrogens is 1600 g/mol. The average Bonchev–Trinajstić information content (AvgIpc) is 1.12. The Morgan fingerprint density at radius 2 is 0.616 bits per heavy atom. The van der Waals surface area contributed by atoms with E-state index in [2.05, 4.69) is 327 Å². The second-order valence-corrected chi connectivity index (χ2v) is 84.4. The standard InChI is InChI=1S/C27H42GeN.2C26H40GeN.C25H38GeN/c1-8-22(9-2)23-15-14-20(3)25(17-23)27-18-24(16-21-12-10-11-13-21)26(19-29(27)7)28(4,5)6;1-19-13-14-22(26(2,3)4)17-23(19)25-16-21(15-20-11-9-10-12-20)24(18-28(25)8)27(5,6)7;1-19(2)14-22-13-12-20(3)24(16-22)26-17-23(15-21-10-8-9-11-21)25(18-28(26)7)27(4,5)6;1-18(2)21-13-12-19(3)23(15-21)25-16-22(14-20-10-8-9-11-20)24(17-27(25)7)26(4,5)6/h14-15,17-19,21-22H,8-13,16H2,1-7H3;13-14,16-18,20H,9-12,15H2,1-8H3;12-13,16-19,21H,8-11,14-15H2,1-7H3;12-13,15-18,20H,8-11,14H2,1-7H3/q4*+1. The molecule has 0 amide bonds. The monoisotopic (exact) mass is 1760 g/mol. The van der Waals surface area contributed by atoms with Gasteiger partial charge in [0.2, 0.25) is 0 Å². The van der Waals surface area contributed by atoms with E-state index in [1.165, 1.54) is 231 Å². The molecule has 4 aliphatic rings. The van der Waals surface area contributed by atoms with Crippen LogP contribution in [0.3, 0.4) is 0 Å². The third-order valence-electron chi connectivity index (χ3n) is 26.4. The molecule has 0 atom stereocenters. The van der Waals surface area contributed by atoms with Crippen LogP contribution in [0, 0.1) is 57.3 Å². The number of hydrogen-bond donors (Lipinski definition) is 0. The molecule has 4 nitrogen and oxygen atoms in total. The number of aryl methyl sites for hydroxylation is 8. The summed E-state index contributed by atoms with van der Waals surface area (Å²) in [5, 5.41) is 0. The van der Waals surface area contributed by atoms with Gasteiger partial charge in [-0.1, -0.05) is 0 Å². The van der Waals surface area contributed by atoms with Crippen LogP contribution in [0.4, 0.5) is 0 Å². The van der Waals surface area contributed by atoms with Gasteiger partial charge in [-0.3, -0.25) is 0 Å². The summed E-state index contributed by atoms with van der Waals surface area (Å²) in [5.74, 6) is 36.0. The molecule has 0 radical (unpaired) electrons. The van der Waals surface area contributed by atoms with Crippen LogP contribution in [0.15, 0.2) is 122 Å². The SMILES string of the molecule is CCC(CC)c1ccc(C)c(-c2cc(CC3CCCC3)[c]([Ge]([CH3])([CH3])[CH3])c[n+]2C)c1.Cc1ccc(C(C)(C)C)cc1-c1cc(CC2CCCC2)[c]([Ge]([CH3])([CH3])[CH3])c[n+]1C.Cc1ccc(C(C)C)cc1-c1cc(CC2CCCC2)[c]([Ge]([CH3])([CH3])[CH3])c[n+]1C.Cc1ccc(CC(C)C)cc1-c1cc(CC2CCCC2)[c]([Ge]([CH3])([CH3])[CH3])c[n+]1C. The molecule has 0 unspecified atom stereocenters. The first-order chi connectivity index (χ1) is 52.5.